The van der Waals surface area contributed by atoms with Gasteiger partial charge < -0.3 is 4.90 Å². The van der Waals surface area contributed by atoms with Gasteiger partial charge in [0.05, 0.1) is 11.4 Å². The molecule has 0 bridgehead atoms. The minimum atomic E-state index is -3.34. The fraction of sp³-hybridized carbons (Fsp3) is 0.545. The number of sulfonamides is 1. The minimum Gasteiger partial charge on any atom is -0.361 e. The van der Waals surface area contributed by atoms with Crippen LogP contribution in [0.2, 0.25) is 0 Å². The second-order valence-corrected chi connectivity index (χ2v) is 6.31. The third-order valence-corrected chi connectivity index (χ3v) is 3.90. The van der Waals surface area contributed by atoms with Crippen LogP contribution in [0.25, 0.3) is 0 Å². The van der Waals surface area contributed by atoms with E-state index >= 15 is 0 Å². The molecule has 0 saturated carbocycles. The Morgan fingerprint density at radius 1 is 1.39 bits per heavy atom. The molecule has 1 heterocycles. The van der Waals surface area contributed by atoms with Crippen LogP contribution in [0.15, 0.2) is 18.3 Å². The van der Waals surface area contributed by atoms with Gasteiger partial charge in [0.25, 0.3) is 0 Å². The fourth-order valence-electron chi connectivity index (χ4n) is 1.44. The Morgan fingerprint density at radius 2 is 2.11 bits per heavy atom. The van der Waals surface area contributed by atoms with E-state index in [1.54, 1.807) is 23.2 Å². The zero-order valence-corrected chi connectivity index (χ0v) is 12.1. The molecular formula is C11H18ClN3O2S. The van der Waals surface area contributed by atoms with Gasteiger partial charge >= 0.3 is 0 Å². The smallest absolute Gasteiger partial charge is 0.232 e. The average molecular weight is 292 g/mol. The van der Waals surface area contributed by atoms with Gasteiger partial charge in [-0.15, -0.1) is 11.6 Å². The van der Waals surface area contributed by atoms with Crippen LogP contribution in [0.5, 0.6) is 0 Å². The second kappa shape index (κ2) is 6.80. The van der Waals surface area contributed by atoms with Gasteiger partial charge in [-0.05, 0) is 25.0 Å². The Balaban J connectivity index is 2.78. The highest BCUT2D eigenvalue weighted by molar-refractivity contribution is 7.92. The van der Waals surface area contributed by atoms with Crippen molar-refractivity contribution in [1.29, 1.82) is 0 Å². The van der Waals surface area contributed by atoms with Gasteiger partial charge in [-0.3, -0.25) is 4.72 Å². The number of aromatic nitrogens is 1. The van der Waals surface area contributed by atoms with Crippen molar-refractivity contribution in [3.8, 4) is 0 Å². The predicted octanol–water partition coefficient (Wildman–Crippen LogP) is 1.91. The molecule has 1 aromatic heterocycles. The largest absolute Gasteiger partial charge is 0.361 e. The van der Waals surface area contributed by atoms with E-state index in [9.17, 15) is 8.42 Å². The number of halogens is 1. The molecule has 1 rings (SSSR count). The number of hydrogen-bond acceptors (Lipinski definition) is 4. The molecule has 0 spiro atoms. The number of nitrogens with zero attached hydrogens (tertiary/aromatic N) is 2. The summed E-state index contributed by atoms with van der Waals surface area (Å²) in [6.45, 7) is 0. The van der Waals surface area contributed by atoms with Gasteiger partial charge in [0.1, 0.15) is 0 Å². The lowest BCUT2D eigenvalue weighted by atomic mass is 10.4. The van der Waals surface area contributed by atoms with Crippen LogP contribution >= 0.6 is 11.6 Å². The van der Waals surface area contributed by atoms with Crippen LogP contribution in [0.1, 0.15) is 12.8 Å². The average Bonchev–Trinajstić information content (AvgIpc) is 2.29. The van der Waals surface area contributed by atoms with Gasteiger partial charge in [0.2, 0.25) is 10.0 Å². The SMILES string of the molecule is CN(C)c1ncccc1NS(=O)(=O)CCCCCl. The number of unbranched alkanes of at least 4 members (excludes halogenated alkanes) is 1. The summed E-state index contributed by atoms with van der Waals surface area (Å²) in [6.07, 6.45) is 2.87. The van der Waals surface area contributed by atoms with Crippen molar-refractivity contribution in [1.82, 2.24) is 4.98 Å². The lowest BCUT2D eigenvalue weighted by Gasteiger charge is -2.16. The maximum Gasteiger partial charge on any atom is 0.232 e. The van der Waals surface area contributed by atoms with Gasteiger partial charge in [0, 0.05) is 26.2 Å². The molecule has 102 valence electrons. The first-order valence-corrected chi connectivity index (χ1v) is 7.84. The number of hydrogen-bond donors (Lipinski definition) is 1. The third-order valence-electron chi connectivity index (χ3n) is 2.27. The van der Waals surface area contributed by atoms with Crippen LogP contribution < -0.4 is 9.62 Å². The number of nitrogens with one attached hydrogen (secondary N) is 1. The molecule has 0 aromatic carbocycles. The highest BCUT2D eigenvalue weighted by Crippen LogP contribution is 2.21. The Bertz CT molecular complexity index is 477. The first-order chi connectivity index (χ1) is 8.46. The number of rotatable bonds is 7. The van der Waals surface area contributed by atoms with Crippen LogP contribution in [-0.2, 0) is 10.0 Å². The van der Waals surface area contributed by atoms with E-state index in [1.807, 2.05) is 14.1 Å². The van der Waals surface area contributed by atoms with Crippen molar-refractivity contribution in [3.63, 3.8) is 0 Å². The van der Waals surface area contributed by atoms with Crippen LogP contribution in [0.3, 0.4) is 0 Å². The highest BCUT2D eigenvalue weighted by Gasteiger charge is 2.13. The molecule has 1 N–H and O–H groups in total. The highest BCUT2D eigenvalue weighted by atomic mass is 35.5. The van der Waals surface area contributed by atoms with Gasteiger partial charge in [-0.1, -0.05) is 0 Å². The number of pyridine rings is 1. The lowest BCUT2D eigenvalue weighted by Crippen LogP contribution is -2.20. The molecule has 0 amide bonds. The predicted molar refractivity (Wildman–Crippen MR) is 75.9 cm³/mol. The molecule has 0 saturated heterocycles. The zero-order valence-electron chi connectivity index (χ0n) is 10.6. The Morgan fingerprint density at radius 3 is 2.72 bits per heavy atom. The van der Waals surface area contributed by atoms with E-state index in [1.165, 1.54) is 0 Å². The minimum absolute atomic E-state index is 0.0709. The zero-order chi connectivity index (χ0) is 13.6. The van der Waals surface area contributed by atoms with Crippen molar-refractivity contribution >= 4 is 33.1 Å². The van der Waals surface area contributed by atoms with Crippen molar-refractivity contribution in [2.45, 2.75) is 12.8 Å². The Hall–Kier alpha value is -1.01. The molecule has 1 aromatic rings. The van der Waals surface area contributed by atoms with Crippen molar-refractivity contribution in [2.75, 3.05) is 35.4 Å². The summed E-state index contributed by atoms with van der Waals surface area (Å²) in [6, 6.07) is 3.39. The molecule has 7 heteroatoms. The fourth-order valence-corrected chi connectivity index (χ4v) is 2.81. The van der Waals surface area contributed by atoms with Gasteiger partial charge in [-0.25, -0.2) is 13.4 Å². The summed E-state index contributed by atoms with van der Waals surface area (Å²) in [4.78, 5) is 5.90. The molecular weight excluding hydrogens is 274 g/mol. The van der Waals surface area contributed by atoms with E-state index in [-0.39, 0.29) is 5.75 Å². The van der Waals surface area contributed by atoms with Gasteiger partial charge in [-0.2, -0.15) is 0 Å². The van der Waals surface area contributed by atoms with Crippen LogP contribution in [-0.4, -0.2) is 39.1 Å². The summed E-state index contributed by atoms with van der Waals surface area (Å²) in [5, 5.41) is 0. The van der Waals surface area contributed by atoms with E-state index in [0.29, 0.717) is 30.2 Å². The molecule has 0 unspecified atom stereocenters. The van der Waals surface area contributed by atoms with Crippen molar-refractivity contribution in [3.05, 3.63) is 18.3 Å². The summed E-state index contributed by atoms with van der Waals surface area (Å²) in [5.41, 5.74) is 0.494. The van der Waals surface area contributed by atoms with Gasteiger partial charge in [0.15, 0.2) is 5.82 Å². The van der Waals surface area contributed by atoms with Crippen LogP contribution in [0.4, 0.5) is 11.5 Å². The molecule has 0 radical (unpaired) electrons. The Kier molecular flexibility index (Phi) is 5.68. The summed E-state index contributed by atoms with van der Waals surface area (Å²) in [7, 11) is 0.288. The van der Waals surface area contributed by atoms with Crippen molar-refractivity contribution < 1.29 is 8.42 Å². The topological polar surface area (TPSA) is 62.3 Å². The normalized spacial score (nSPS) is 11.3. The molecule has 0 aliphatic rings. The molecule has 18 heavy (non-hydrogen) atoms. The third kappa shape index (κ3) is 4.70. The molecule has 5 nitrogen and oxygen atoms in total. The first kappa shape index (κ1) is 15.0. The molecule has 0 atom stereocenters. The van der Waals surface area contributed by atoms with Crippen LogP contribution in [0, 0.1) is 0 Å². The summed E-state index contributed by atoms with van der Waals surface area (Å²) >= 11 is 5.53. The van der Waals surface area contributed by atoms with E-state index in [2.05, 4.69) is 9.71 Å². The van der Waals surface area contributed by atoms with E-state index < -0.39 is 10.0 Å². The quantitative estimate of drug-likeness (QED) is 0.616. The van der Waals surface area contributed by atoms with E-state index in [0.717, 1.165) is 0 Å². The maximum atomic E-state index is 11.8. The lowest BCUT2D eigenvalue weighted by molar-refractivity contribution is 0.598. The Labute approximate surface area is 113 Å². The second-order valence-electron chi connectivity index (χ2n) is 4.09. The monoisotopic (exact) mass is 291 g/mol. The molecule has 0 aliphatic heterocycles. The molecule has 0 aliphatic carbocycles. The summed E-state index contributed by atoms with van der Waals surface area (Å²) in [5.74, 6) is 1.14. The molecule has 0 fully saturated rings. The summed E-state index contributed by atoms with van der Waals surface area (Å²) < 4.78 is 26.3. The first-order valence-electron chi connectivity index (χ1n) is 5.65. The maximum absolute atomic E-state index is 11.8. The van der Waals surface area contributed by atoms with E-state index in [4.69, 9.17) is 11.6 Å². The van der Waals surface area contributed by atoms with Crippen molar-refractivity contribution in [2.24, 2.45) is 0 Å². The number of anilines is 2. The number of alkyl halides is 1. The standard InChI is InChI=1S/C11H18ClN3O2S/c1-15(2)11-10(6-5-8-13-11)14-18(16,17)9-4-3-7-12/h5-6,8,14H,3-4,7,9H2,1-2H3.